The van der Waals surface area contributed by atoms with Crippen LogP contribution >= 0.6 is 11.6 Å². The number of unbranched alkanes of at least 4 members (excludes halogenated alkanes) is 2. The maximum Gasteiger partial charge on any atom is 0.349 e. The molecule has 0 saturated heterocycles. The molecule has 0 atom stereocenters. The summed E-state index contributed by atoms with van der Waals surface area (Å²) in [6, 6.07) is 8.74. The normalized spacial score (nSPS) is 10.9. The molecule has 2 rings (SSSR count). The average molecular weight is 346 g/mol. The van der Waals surface area contributed by atoms with Gasteiger partial charge in [-0.05, 0) is 36.3 Å². The van der Waals surface area contributed by atoms with Gasteiger partial charge >= 0.3 is 5.69 Å². The van der Waals surface area contributed by atoms with Gasteiger partial charge in [-0.3, -0.25) is 9.36 Å². The van der Waals surface area contributed by atoms with Crippen LogP contribution in [0.1, 0.15) is 31.7 Å². The average Bonchev–Trinajstić information content (AvgIpc) is 2.56. The van der Waals surface area contributed by atoms with Crippen LogP contribution < -0.4 is 11.0 Å². The van der Waals surface area contributed by atoms with E-state index in [1.807, 2.05) is 12.1 Å². The molecule has 24 heavy (non-hydrogen) atoms. The van der Waals surface area contributed by atoms with Crippen LogP contribution in [0.25, 0.3) is 6.08 Å². The van der Waals surface area contributed by atoms with Gasteiger partial charge in [-0.15, -0.1) is 0 Å². The first-order chi connectivity index (χ1) is 11.6. The number of rotatable bonds is 7. The summed E-state index contributed by atoms with van der Waals surface area (Å²) in [5, 5.41) is 3.22. The number of hydrogen-bond donors (Lipinski definition) is 1. The van der Waals surface area contributed by atoms with Crippen molar-refractivity contribution in [3.63, 3.8) is 0 Å². The Hall–Kier alpha value is -2.40. The lowest BCUT2D eigenvalue weighted by Crippen LogP contribution is -2.24. The quantitative estimate of drug-likeness (QED) is 0.614. The summed E-state index contributed by atoms with van der Waals surface area (Å²) in [6.45, 7) is 2.75. The first-order valence-corrected chi connectivity index (χ1v) is 8.28. The van der Waals surface area contributed by atoms with E-state index >= 15 is 0 Å². The number of aromatic nitrogens is 2. The van der Waals surface area contributed by atoms with Crippen LogP contribution in [0.5, 0.6) is 0 Å². The topological polar surface area (TPSA) is 64.0 Å². The van der Waals surface area contributed by atoms with Crippen molar-refractivity contribution >= 4 is 29.4 Å². The van der Waals surface area contributed by atoms with Crippen molar-refractivity contribution in [2.45, 2.75) is 32.7 Å². The Kier molecular flexibility index (Phi) is 6.75. The van der Waals surface area contributed by atoms with Gasteiger partial charge in [0.2, 0.25) is 5.91 Å². The molecule has 0 aliphatic heterocycles. The van der Waals surface area contributed by atoms with Gasteiger partial charge < -0.3 is 5.32 Å². The van der Waals surface area contributed by atoms with E-state index in [2.05, 4.69) is 17.2 Å². The number of amides is 1. The molecule has 1 N–H and O–H groups in total. The number of carbonyl (C=O) groups excluding carboxylic acids is 1. The molecule has 0 radical (unpaired) electrons. The second-order valence-corrected chi connectivity index (χ2v) is 5.81. The van der Waals surface area contributed by atoms with E-state index in [9.17, 15) is 9.59 Å². The Labute approximate surface area is 146 Å². The monoisotopic (exact) mass is 345 g/mol. The lowest BCUT2D eigenvalue weighted by atomic mass is 10.2. The van der Waals surface area contributed by atoms with Gasteiger partial charge in [0.05, 0.1) is 0 Å². The van der Waals surface area contributed by atoms with Crippen molar-refractivity contribution in [1.82, 2.24) is 9.55 Å². The molecule has 2 aromatic rings. The molecule has 0 fully saturated rings. The fourth-order valence-corrected chi connectivity index (χ4v) is 2.24. The molecule has 0 spiro atoms. The zero-order valence-corrected chi connectivity index (χ0v) is 14.3. The number of benzene rings is 1. The smallest absolute Gasteiger partial charge is 0.307 e. The van der Waals surface area contributed by atoms with Crippen molar-refractivity contribution in [1.29, 1.82) is 0 Å². The van der Waals surface area contributed by atoms with Gasteiger partial charge in [0.1, 0.15) is 5.82 Å². The first kappa shape index (κ1) is 17.9. The van der Waals surface area contributed by atoms with E-state index in [4.69, 9.17) is 11.6 Å². The minimum atomic E-state index is -0.356. The molecule has 5 nitrogen and oxygen atoms in total. The second kappa shape index (κ2) is 9.03. The Balaban J connectivity index is 1.95. The molecular weight excluding hydrogens is 326 g/mol. The van der Waals surface area contributed by atoms with Crippen LogP contribution in [-0.2, 0) is 11.3 Å². The highest BCUT2D eigenvalue weighted by Crippen LogP contribution is 2.10. The number of anilines is 1. The molecule has 0 aliphatic rings. The summed E-state index contributed by atoms with van der Waals surface area (Å²) >= 11 is 5.81. The molecule has 0 bridgehead atoms. The zero-order chi connectivity index (χ0) is 17.4. The summed E-state index contributed by atoms with van der Waals surface area (Å²) in [4.78, 5) is 27.7. The Morgan fingerprint density at radius 3 is 2.67 bits per heavy atom. The van der Waals surface area contributed by atoms with Gasteiger partial charge in [-0.2, -0.15) is 4.98 Å². The van der Waals surface area contributed by atoms with Gasteiger partial charge in [0, 0.05) is 23.8 Å². The largest absolute Gasteiger partial charge is 0.349 e. The van der Waals surface area contributed by atoms with E-state index in [1.165, 1.54) is 6.08 Å². The lowest BCUT2D eigenvalue weighted by molar-refractivity contribution is -0.111. The van der Waals surface area contributed by atoms with Gasteiger partial charge in [0.25, 0.3) is 0 Å². The van der Waals surface area contributed by atoms with Crippen molar-refractivity contribution in [2.75, 3.05) is 5.32 Å². The standard InChI is InChI=1S/C18H20ClN3O2/c1-2-3-4-12-22-13-11-16(21-18(22)24)20-17(23)10-7-14-5-8-15(19)9-6-14/h5-11,13H,2-4,12H2,1H3,(H,20,21,23,24)/b10-7+. The number of carbonyl (C=O) groups is 1. The zero-order valence-electron chi connectivity index (χ0n) is 13.5. The number of nitrogens with zero attached hydrogens (tertiary/aromatic N) is 2. The highest BCUT2D eigenvalue weighted by atomic mass is 35.5. The number of nitrogens with one attached hydrogen (secondary N) is 1. The van der Waals surface area contributed by atoms with Gasteiger partial charge in [-0.25, -0.2) is 4.79 Å². The second-order valence-electron chi connectivity index (χ2n) is 5.37. The van der Waals surface area contributed by atoms with Crippen molar-refractivity contribution in [3.05, 3.63) is 63.7 Å². The van der Waals surface area contributed by atoms with Crippen LogP contribution in [0, 0.1) is 0 Å². The molecule has 0 aliphatic carbocycles. The van der Waals surface area contributed by atoms with Crippen LogP contribution in [0.2, 0.25) is 5.02 Å². The molecule has 0 unspecified atom stereocenters. The third kappa shape index (κ3) is 5.66. The van der Waals surface area contributed by atoms with Crippen LogP contribution in [0.15, 0.2) is 47.4 Å². The van der Waals surface area contributed by atoms with E-state index in [-0.39, 0.29) is 17.4 Å². The van der Waals surface area contributed by atoms with Gasteiger partial charge in [0.15, 0.2) is 0 Å². The minimum absolute atomic E-state index is 0.248. The SMILES string of the molecule is CCCCCn1ccc(NC(=O)/C=C/c2ccc(Cl)cc2)nc1=O. The minimum Gasteiger partial charge on any atom is -0.307 e. The van der Waals surface area contributed by atoms with Gasteiger partial charge in [-0.1, -0.05) is 43.5 Å². The van der Waals surface area contributed by atoms with E-state index in [0.717, 1.165) is 24.8 Å². The summed E-state index contributed by atoms with van der Waals surface area (Å²) in [7, 11) is 0. The van der Waals surface area contributed by atoms with E-state index in [0.29, 0.717) is 11.6 Å². The molecule has 1 aromatic heterocycles. The molecular formula is C18H20ClN3O2. The third-order valence-electron chi connectivity index (χ3n) is 3.43. The highest BCUT2D eigenvalue weighted by Gasteiger charge is 2.03. The molecule has 1 heterocycles. The molecule has 6 heteroatoms. The van der Waals surface area contributed by atoms with Crippen molar-refractivity contribution in [3.8, 4) is 0 Å². The van der Waals surface area contributed by atoms with Crippen molar-refractivity contribution in [2.24, 2.45) is 0 Å². The third-order valence-corrected chi connectivity index (χ3v) is 3.68. The Morgan fingerprint density at radius 2 is 2.00 bits per heavy atom. The lowest BCUT2D eigenvalue weighted by Gasteiger charge is -2.06. The fourth-order valence-electron chi connectivity index (χ4n) is 2.11. The summed E-state index contributed by atoms with van der Waals surface area (Å²) in [5.41, 5.74) is 0.499. The first-order valence-electron chi connectivity index (χ1n) is 7.90. The predicted octanol–water partition coefficient (Wildman–Crippen LogP) is 3.74. The number of hydrogen-bond acceptors (Lipinski definition) is 3. The maximum absolute atomic E-state index is 11.9. The van der Waals surface area contributed by atoms with Crippen molar-refractivity contribution < 1.29 is 4.79 Å². The van der Waals surface area contributed by atoms with Crippen LogP contribution in [-0.4, -0.2) is 15.5 Å². The fraction of sp³-hybridized carbons (Fsp3) is 0.278. The summed E-state index contributed by atoms with van der Waals surface area (Å²) < 4.78 is 1.55. The molecule has 1 amide bonds. The predicted molar refractivity (Wildman–Crippen MR) is 97.1 cm³/mol. The molecule has 126 valence electrons. The van der Waals surface area contributed by atoms with Crippen LogP contribution in [0.4, 0.5) is 5.82 Å². The Bertz CT molecular complexity index is 767. The summed E-state index contributed by atoms with van der Waals surface area (Å²) in [6.07, 6.45) is 7.81. The molecule has 0 saturated carbocycles. The van der Waals surface area contributed by atoms with Crippen LogP contribution in [0.3, 0.4) is 0 Å². The maximum atomic E-state index is 11.9. The Morgan fingerprint density at radius 1 is 1.25 bits per heavy atom. The molecule has 1 aromatic carbocycles. The summed E-state index contributed by atoms with van der Waals surface area (Å²) in [5.74, 6) is -0.0990. The van der Waals surface area contributed by atoms with E-state index in [1.54, 1.807) is 35.0 Å². The highest BCUT2D eigenvalue weighted by molar-refractivity contribution is 6.30. The number of halogens is 1. The van der Waals surface area contributed by atoms with E-state index < -0.39 is 0 Å². The number of aryl methyl sites for hydroxylation is 1.